The summed E-state index contributed by atoms with van der Waals surface area (Å²) in [5.41, 5.74) is 2.09. The van der Waals surface area contributed by atoms with Gasteiger partial charge in [0.05, 0.1) is 11.4 Å². The van der Waals surface area contributed by atoms with E-state index in [1.807, 2.05) is 19.3 Å². The van der Waals surface area contributed by atoms with E-state index in [1.54, 1.807) is 0 Å². The molecule has 110 valence electrons. The number of aromatic nitrogens is 2. The van der Waals surface area contributed by atoms with Gasteiger partial charge >= 0.3 is 0 Å². The Balaban J connectivity index is 1.56. The van der Waals surface area contributed by atoms with E-state index < -0.39 is 0 Å². The quantitative estimate of drug-likeness (QED) is 0.917. The summed E-state index contributed by atoms with van der Waals surface area (Å²) in [5, 5.41) is 3.74. The number of nitrogens with one attached hydrogen (secondary N) is 1. The molecule has 0 radical (unpaired) electrons. The van der Waals surface area contributed by atoms with Gasteiger partial charge in [-0.2, -0.15) is 0 Å². The first-order chi connectivity index (χ1) is 9.81. The molecule has 1 atom stereocenters. The van der Waals surface area contributed by atoms with Crippen LogP contribution in [-0.2, 0) is 6.54 Å². The molecule has 1 saturated carbocycles. The Morgan fingerprint density at radius 1 is 1.20 bits per heavy atom. The molecule has 4 heteroatoms. The number of nitrogens with zero attached hydrogens (tertiary/aromatic N) is 3. The minimum atomic E-state index is 0.683. The van der Waals surface area contributed by atoms with E-state index in [0.29, 0.717) is 6.04 Å². The summed E-state index contributed by atoms with van der Waals surface area (Å²) in [5.74, 6) is 0.885. The molecule has 1 saturated heterocycles. The van der Waals surface area contributed by atoms with Crippen molar-refractivity contribution in [2.45, 2.75) is 51.6 Å². The molecule has 1 aromatic heterocycles. The van der Waals surface area contributed by atoms with Crippen LogP contribution in [0, 0.1) is 12.8 Å². The molecule has 0 bridgehead atoms. The zero-order valence-electron chi connectivity index (χ0n) is 12.5. The summed E-state index contributed by atoms with van der Waals surface area (Å²) < 4.78 is 0. The van der Waals surface area contributed by atoms with Crippen LogP contribution >= 0.6 is 0 Å². The maximum absolute atomic E-state index is 4.49. The third kappa shape index (κ3) is 3.55. The smallest absolute Gasteiger partial charge is 0.0727 e. The van der Waals surface area contributed by atoms with Crippen LogP contribution in [0.25, 0.3) is 0 Å². The van der Waals surface area contributed by atoms with E-state index in [0.717, 1.165) is 36.9 Å². The molecule has 1 unspecified atom stereocenters. The Morgan fingerprint density at radius 2 is 2.05 bits per heavy atom. The molecular formula is C16H26N4. The highest BCUT2D eigenvalue weighted by Gasteiger charge is 2.27. The van der Waals surface area contributed by atoms with Crippen molar-refractivity contribution in [2.24, 2.45) is 5.92 Å². The van der Waals surface area contributed by atoms with E-state index in [1.165, 1.54) is 38.6 Å². The predicted octanol–water partition coefficient (Wildman–Crippen LogP) is 2.14. The van der Waals surface area contributed by atoms with E-state index in [2.05, 4.69) is 20.2 Å². The number of hydrogen-bond donors (Lipinski definition) is 1. The van der Waals surface area contributed by atoms with Gasteiger partial charge in [0.25, 0.3) is 0 Å². The second kappa shape index (κ2) is 6.64. The summed E-state index contributed by atoms with van der Waals surface area (Å²) in [6, 6.07) is 0.683. The SMILES string of the molecule is Cc1cnc(CN2CCNC(C3CCCCC3)C2)cn1. The summed E-state index contributed by atoms with van der Waals surface area (Å²) >= 11 is 0. The minimum Gasteiger partial charge on any atom is -0.311 e. The maximum atomic E-state index is 4.49. The first-order valence-corrected chi connectivity index (χ1v) is 8.04. The lowest BCUT2D eigenvalue weighted by Crippen LogP contribution is -2.53. The second-order valence-corrected chi connectivity index (χ2v) is 6.34. The lowest BCUT2D eigenvalue weighted by Gasteiger charge is -2.39. The average molecular weight is 274 g/mol. The summed E-state index contributed by atoms with van der Waals surface area (Å²) in [7, 11) is 0. The van der Waals surface area contributed by atoms with Crippen molar-refractivity contribution in [1.82, 2.24) is 20.2 Å². The van der Waals surface area contributed by atoms with Gasteiger partial charge in [0.15, 0.2) is 0 Å². The van der Waals surface area contributed by atoms with Gasteiger partial charge in [0.1, 0.15) is 0 Å². The van der Waals surface area contributed by atoms with Crippen molar-refractivity contribution < 1.29 is 0 Å². The van der Waals surface area contributed by atoms with Gasteiger partial charge < -0.3 is 5.32 Å². The molecule has 0 amide bonds. The fourth-order valence-electron chi connectivity index (χ4n) is 3.57. The zero-order valence-corrected chi connectivity index (χ0v) is 12.5. The van der Waals surface area contributed by atoms with Crippen molar-refractivity contribution in [3.05, 3.63) is 23.8 Å². The van der Waals surface area contributed by atoms with Crippen LogP contribution in [0.3, 0.4) is 0 Å². The highest BCUT2D eigenvalue weighted by atomic mass is 15.2. The molecule has 3 rings (SSSR count). The normalized spacial score (nSPS) is 25.8. The number of aryl methyl sites for hydroxylation is 1. The van der Waals surface area contributed by atoms with Gasteiger partial charge in [0, 0.05) is 44.6 Å². The first kappa shape index (κ1) is 14.0. The zero-order chi connectivity index (χ0) is 13.8. The largest absolute Gasteiger partial charge is 0.311 e. The predicted molar refractivity (Wildman–Crippen MR) is 80.4 cm³/mol. The van der Waals surface area contributed by atoms with Crippen molar-refractivity contribution in [2.75, 3.05) is 19.6 Å². The molecule has 1 aromatic rings. The average Bonchev–Trinajstić information content (AvgIpc) is 2.51. The van der Waals surface area contributed by atoms with Gasteiger partial charge in [-0.25, -0.2) is 0 Å². The van der Waals surface area contributed by atoms with Crippen LogP contribution < -0.4 is 5.32 Å². The van der Waals surface area contributed by atoms with E-state index in [4.69, 9.17) is 0 Å². The van der Waals surface area contributed by atoms with Crippen LogP contribution in [0.15, 0.2) is 12.4 Å². The molecule has 2 heterocycles. The van der Waals surface area contributed by atoms with Crippen molar-refractivity contribution in [3.63, 3.8) is 0 Å². The fraction of sp³-hybridized carbons (Fsp3) is 0.750. The molecule has 20 heavy (non-hydrogen) atoms. The molecule has 0 aromatic carbocycles. The van der Waals surface area contributed by atoms with E-state index >= 15 is 0 Å². The monoisotopic (exact) mass is 274 g/mol. The molecule has 0 spiro atoms. The second-order valence-electron chi connectivity index (χ2n) is 6.34. The molecule has 1 aliphatic heterocycles. The van der Waals surface area contributed by atoms with Crippen LogP contribution in [0.5, 0.6) is 0 Å². The Hall–Kier alpha value is -1.00. The molecule has 2 aliphatic rings. The summed E-state index contributed by atoms with van der Waals surface area (Å²) in [6.07, 6.45) is 10.9. The van der Waals surface area contributed by atoms with Crippen LogP contribution in [0.1, 0.15) is 43.5 Å². The van der Waals surface area contributed by atoms with Gasteiger partial charge in [-0.15, -0.1) is 0 Å². The van der Waals surface area contributed by atoms with E-state index in [9.17, 15) is 0 Å². The topological polar surface area (TPSA) is 41.1 Å². The van der Waals surface area contributed by atoms with Crippen LogP contribution in [-0.4, -0.2) is 40.5 Å². The van der Waals surface area contributed by atoms with Crippen LogP contribution in [0.4, 0.5) is 0 Å². The van der Waals surface area contributed by atoms with Crippen molar-refractivity contribution in [3.8, 4) is 0 Å². The molecule has 1 N–H and O–H groups in total. The molecule has 1 aliphatic carbocycles. The Kier molecular flexibility index (Phi) is 4.63. The van der Waals surface area contributed by atoms with E-state index in [-0.39, 0.29) is 0 Å². The summed E-state index contributed by atoms with van der Waals surface area (Å²) in [6.45, 7) is 6.33. The summed E-state index contributed by atoms with van der Waals surface area (Å²) in [4.78, 5) is 11.4. The van der Waals surface area contributed by atoms with Crippen molar-refractivity contribution >= 4 is 0 Å². The molecular weight excluding hydrogens is 248 g/mol. The maximum Gasteiger partial charge on any atom is 0.0727 e. The minimum absolute atomic E-state index is 0.683. The third-order valence-electron chi connectivity index (χ3n) is 4.73. The fourth-order valence-corrected chi connectivity index (χ4v) is 3.57. The first-order valence-electron chi connectivity index (χ1n) is 8.04. The standard InChI is InChI=1S/C16H26N4/c1-13-9-19-15(10-18-13)11-20-8-7-17-16(12-20)14-5-3-2-4-6-14/h9-10,14,16-17H,2-8,11-12H2,1H3. The van der Waals surface area contributed by atoms with Crippen LogP contribution in [0.2, 0.25) is 0 Å². The van der Waals surface area contributed by atoms with Gasteiger partial charge in [-0.3, -0.25) is 14.9 Å². The van der Waals surface area contributed by atoms with Gasteiger partial charge in [-0.1, -0.05) is 19.3 Å². The van der Waals surface area contributed by atoms with Gasteiger partial charge in [-0.05, 0) is 25.7 Å². The molecule has 2 fully saturated rings. The van der Waals surface area contributed by atoms with Gasteiger partial charge in [0.2, 0.25) is 0 Å². The van der Waals surface area contributed by atoms with Crippen molar-refractivity contribution in [1.29, 1.82) is 0 Å². The lowest BCUT2D eigenvalue weighted by molar-refractivity contribution is 0.140. The highest BCUT2D eigenvalue weighted by Crippen LogP contribution is 2.27. The highest BCUT2D eigenvalue weighted by molar-refractivity contribution is 5.01. The lowest BCUT2D eigenvalue weighted by atomic mass is 9.83. The Labute approximate surface area is 122 Å². The number of hydrogen-bond acceptors (Lipinski definition) is 4. The third-order valence-corrected chi connectivity index (χ3v) is 4.73. The number of piperazine rings is 1. The number of rotatable bonds is 3. The Morgan fingerprint density at radius 3 is 2.80 bits per heavy atom. The molecule has 4 nitrogen and oxygen atoms in total. The Bertz CT molecular complexity index is 411.